The molecule has 0 aliphatic carbocycles. The standard InChI is InChI=1S/C10H9F3N/c1-14-7-9-4-2-8(3-5-9)6-10(11,12)13/h1-5H,6-7H2/q+1. The second-order valence-corrected chi connectivity index (χ2v) is 2.95. The van der Waals surface area contributed by atoms with Crippen molar-refractivity contribution in [1.29, 1.82) is 0 Å². The lowest BCUT2D eigenvalue weighted by Gasteiger charge is -2.05. The largest absolute Gasteiger partial charge is 0.393 e. The van der Waals surface area contributed by atoms with E-state index >= 15 is 0 Å². The van der Waals surface area contributed by atoms with Crippen molar-refractivity contribution >= 4 is 0 Å². The zero-order valence-electron chi connectivity index (χ0n) is 7.38. The second-order valence-electron chi connectivity index (χ2n) is 2.95. The SMILES string of the molecule is C#[N+]Cc1ccc(CC(F)(F)F)cc1. The van der Waals surface area contributed by atoms with Crippen molar-refractivity contribution in [2.24, 2.45) is 0 Å². The van der Waals surface area contributed by atoms with Gasteiger partial charge in [0.25, 0.3) is 13.1 Å². The molecular weight excluding hydrogens is 191 g/mol. The van der Waals surface area contributed by atoms with Gasteiger partial charge in [-0.15, -0.1) is 0 Å². The van der Waals surface area contributed by atoms with Gasteiger partial charge in [-0.1, -0.05) is 29.1 Å². The molecule has 0 bridgehead atoms. The van der Waals surface area contributed by atoms with Gasteiger partial charge in [0.15, 0.2) is 0 Å². The molecular formula is C10H9F3N+. The van der Waals surface area contributed by atoms with E-state index in [0.29, 0.717) is 6.54 Å². The quantitative estimate of drug-likeness (QED) is 0.690. The van der Waals surface area contributed by atoms with Gasteiger partial charge in [-0.3, -0.25) is 0 Å². The van der Waals surface area contributed by atoms with Gasteiger partial charge in [0.05, 0.1) is 6.42 Å². The van der Waals surface area contributed by atoms with E-state index in [2.05, 4.69) is 4.85 Å². The molecule has 0 aliphatic heterocycles. The Hall–Kier alpha value is -1.50. The second kappa shape index (κ2) is 4.14. The molecule has 0 fully saturated rings. The highest BCUT2D eigenvalue weighted by atomic mass is 19.4. The van der Waals surface area contributed by atoms with Crippen LogP contribution in [0.15, 0.2) is 24.3 Å². The summed E-state index contributed by atoms with van der Waals surface area (Å²) >= 11 is 0. The van der Waals surface area contributed by atoms with Gasteiger partial charge < -0.3 is 0 Å². The van der Waals surface area contributed by atoms with E-state index in [1.165, 1.54) is 12.1 Å². The highest BCUT2D eigenvalue weighted by molar-refractivity contribution is 5.24. The fourth-order valence-corrected chi connectivity index (χ4v) is 1.10. The number of nitrogens with zero attached hydrogens (tertiary/aromatic N) is 1. The molecule has 74 valence electrons. The predicted molar refractivity (Wildman–Crippen MR) is 48.2 cm³/mol. The van der Waals surface area contributed by atoms with Crippen LogP contribution >= 0.6 is 0 Å². The van der Waals surface area contributed by atoms with Crippen LogP contribution in [0.3, 0.4) is 0 Å². The van der Waals surface area contributed by atoms with E-state index in [9.17, 15) is 13.2 Å². The first-order valence-corrected chi connectivity index (χ1v) is 4.02. The molecule has 0 unspecified atom stereocenters. The molecule has 0 saturated heterocycles. The lowest BCUT2D eigenvalue weighted by molar-refractivity contribution is -0.127. The maximum atomic E-state index is 12.0. The van der Waals surface area contributed by atoms with Gasteiger partial charge in [0.1, 0.15) is 0 Å². The number of rotatable bonds is 2. The number of hydrogen-bond acceptors (Lipinski definition) is 0. The smallest absolute Gasteiger partial charge is 0.171 e. The molecule has 0 aliphatic rings. The molecule has 0 spiro atoms. The summed E-state index contributed by atoms with van der Waals surface area (Å²) in [5.74, 6) is 0. The maximum Gasteiger partial charge on any atom is 0.393 e. The van der Waals surface area contributed by atoms with Crippen LogP contribution in [0.1, 0.15) is 11.1 Å². The highest BCUT2D eigenvalue weighted by Crippen LogP contribution is 2.21. The third-order valence-electron chi connectivity index (χ3n) is 1.70. The topological polar surface area (TPSA) is 4.36 Å². The third-order valence-corrected chi connectivity index (χ3v) is 1.70. The highest BCUT2D eigenvalue weighted by Gasteiger charge is 2.27. The van der Waals surface area contributed by atoms with Crippen molar-refractivity contribution < 1.29 is 13.2 Å². The van der Waals surface area contributed by atoms with E-state index < -0.39 is 12.6 Å². The normalized spacial score (nSPS) is 11.0. The fourth-order valence-electron chi connectivity index (χ4n) is 1.10. The Labute approximate surface area is 80.0 Å². The summed E-state index contributed by atoms with van der Waals surface area (Å²) in [6.07, 6.45) is -5.05. The number of benzene rings is 1. The van der Waals surface area contributed by atoms with Crippen LogP contribution in [0.4, 0.5) is 13.2 Å². The third kappa shape index (κ3) is 3.48. The Bertz CT molecular complexity index is 332. The summed E-state index contributed by atoms with van der Waals surface area (Å²) in [7, 11) is 0. The van der Waals surface area contributed by atoms with Crippen LogP contribution in [-0.4, -0.2) is 6.18 Å². The van der Waals surface area contributed by atoms with Crippen molar-refractivity contribution in [1.82, 2.24) is 0 Å². The van der Waals surface area contributed by atoms with Gasteiger partial charge in [0.2, 0.25) is 0 Å². The molecule has 0 radical (unpaired) electrons. The summed E-state index contributed by atoms with van der Waals surface area (Å²) in [5.41, 5.74) is 1.05. The Morgan fingerprint density at radius 3 is 2.00 bits per heavy atom. The van der Waals surface area contributed by atoms with Gasteiger partial charge in [-0.2, -0.15) is 13.2 Å². The van der Waals surface area contributed by atoms with Crippen LogP contribution in [0, 0.1) is 6.57 Å². The first kappa shape index (κ1) is 10.6. The first-order chi connectivity index (χ1) is 6.51. The summed E-state index contributed by atoms with van der Waals surface area (Å²) in [4.78, 5) is 3.39. The van der Waals surface area contributed by atoms with Gasteiger partial charge in [-0.25, -0.2) is 0 Å². The van der Waals surface area contributed by atoms with Crippen LogP contribution in [0.2, 0.25) is 0 Å². The summed E-state index contributed by atoms with van der Waals surface area (Å²) in [6, 6.07) is 6.07. The lowest BCUT2D eigenvalue weighted by atomic mass is 10.1. The molecule has 14 heavy (non-hydrogen) atoms. The zero-order chi connectivity index (χ0) is 10.6. The Morgan fingerprint density at radius 2 is 1.57 bits per heavy atom. The van der Waals surface area contributed by atoms with Crippen molar-refractivity contribution in [2.75, 3.05) is 0 Å². The first-order valence-electron chi connectivity index (χ1n) is 4.02. The number of alkyl halides is 3. The van der Waals surface area contributed by atoms with Crippen molar-refractivity contribution in [2.45, 2.75) is 19.1 Å². The molecule has 1 aromatic carbocycles. The minimum atomic E-state index is -4.15. The molecule has 1 rings (SSSR count). The molecule has 1 aromatic rings. The fraction of sp³-hybridized carbons (Fsp3) is 0.300. The van der Waals surface area contributed by atoms with E-state index in [1.54, 1.807) is 12.1 Å². The molecule has 0 amide bonds. The molecule has 0 aromatic heterocycles. The summed E-state index contributed by atoms with van der Waals surface area (Å²) < 4.78 is 35.9. The molecule has 0 heterocycles. The van der Waals surface area contributed by atoms with E-state index in [4.69, 9.17) is 6.57 Å². The van der Waals surface area contributed by atoms with E-state index in [1.807, 2.05) is 0 Å². The van der Waals surface area contributed by atoms with Gasteiger partial charge >= 0.3 is 6.18 Å². The van der Waals surface area contributed by atoms with Crippen molar-refractivity contribution in [3.05, 3.63) is 40.2 Å². The van der Waals surface area contributed by atoms with Crippen LogP contribution in [0.25, 0.3) is 4.85 Å². The lowest BCUT2D eigenvalue weighted by Crippen LogP contribution is -2.11. The minimum Gasteiger partial charge on any atom is -0.171 e. The van der Waals surface area contributed by atoms with Gasteiger partial charge in [0, 0.05) is 5.56 Å². The zero-order valence-corrected chi connectivity index (χ0v) is 7.38. The van der Waals surface area contributed by atoms with Crippen LogP contribution in [-0.2, 0) is 13.0 Å². The summed E-state index contributed by atoms with van der Waals surface area (Å²) in [5, 5.41) is 0. The summed E-state index contributed by atoms with van der Waals surface area (Å²) in [6.45, 7) is 5.27. The average molecular weight is 200 g/mol. The Morgan fingerprint density at radius 1 is 1.07 bits per heavy atom. The minimum absolute atomic E-state index is 0.248. The van der Waals surface area contributed by atoms with Gasteiger partial charge in [-0.05, 0) is 5.56 Å². The maximum absolute atomic E-state index is 12.0. The predicted octanol–water partition coefficient (Wildman–Crippen LogP) is 3.25. The Kier molecular flexibility index (Phi) is 3.13. The number of hydrogen-bond donors (Lipinski definition) is 0. The Balaban J connectivity index is 2.70. The van der Waals surface area contributed by atoms with E-state index in [-0.39, 0.29) is 5.56 Å². The van der Waals surface area contributed by atoms with E-state index in [0.717, 1.165) is 5.56 Å². The molecule has 0 atom stereocenters. The average Bonchev–Trinajstić information content (AvgIpc) is 2.06. The van der Waals surface area contributed by atoms with Crippen molar-refractivity contribution in [3.8, 4) is 6.57 Å². The molecule has 0 saturated carbocycles. The number of halogens is 3. The van der Waals surface area contributed by atoms with Crippen molar-refractivity contribution in [3.63, 3.8) is 0 Å². The molecule has 0 N–H and O–H groups in total. The molecule has 4 heteroatoms. The van der Waals surface area contributed by atoms with Crippen LogP contribution < -0.4 is 0 Å². The van der Waals surface area contributed by atoms with Crippen LogP contribution in [0.5, 0.6) is 0 Å². The monoisotopic (exact) mass is 200 g/mol. The molecule has 1 nitrogen and oxygen atoms in total.